The van der Waals surface area contributed by atoms with Crippen molar-refractivity contribution in [2.45, 2.75) is 51.9 Å². The molecule has 0 aromatic rings. The first-order chi connectivity index (χ1) is 9.37. The molecule has 0 spiro atoms. The van der Waals surface area contributed by atoms with Gasteiger partial charge in [0.15, 0.2) is 0 Å². The summed E-state index contributed by atoms with van der Waals surface area (Å²) in [7, 11) is -2.77. The number of amides is 1. The van der Waals surface area contributed by atoms with Crippen LogP contribution in [0.2, 0.25) is 0 Å². The summed E-state index contributed by atoms with van der Waals surface area (Å²) < 4.78 is 31.4. The molecule has 0 aromatic heterocycles. The summed E-state index contributed by atoms with van der Waals surface area (Å²) in [6.45, 7) is 2.12. The Hall–Kier alpha value is 0.120. The SMILES string of the molecule is CCCCCCCC/C=C/C(=O)N(C)CCS(=O)(=O)[O-].[Na+]. The van der Waals surface area contributed by atoms with Crippen molar-refractivity contribution in [1.29, 1.82) is 0 Å². The third-order valence-corrected chi connectivity index (χ3v) is 3.72. The average molecular weight is 327 g/mol. The summed E-state index contributed by atoms with van der Waals surface area (Å²) >= 11 is 0. The van der Waals surface area contributed by atoms with Crippen molar-refractivity contribution < 1.29 is 47.3 Å². The Bertz CT molecular complexity index is 396. The van der Waals surface area contributed by atoms with E-state index in [0.29, 0.717) is 0 Å². The van der Waals surface area contributed by atoms with Crippen LogP contribution < -0.4 is 29.6 Å². The fourth-order valence-electron chi connectivity index (χ4n) is 1.71. The Balaban J connectivity index is 0. The quantitative estimate of drug-likeness (QED) is 0.218. The molecule has 0 saturated carbocycles. The molecule has 0 atom stereocenters. The number of hydrogen-bond donors (Lipinski definition) is 0. The van der Waals surface area contributed by atoms with E-state index < -0.39 is 15.9 Å². The average Bonchev–Trinajstić information content (AvgIpc) is 2.38. The number of carbonyl (C=O) groups excluding carboxylic acids is 1. The van der Waals surface area contributed by atoms with Crippen LogP contribution in [0.5, 0.6) is 0 Å². The molecule has 0 rings (SSSR count). The van der Waals surface area contributed by atoms with Gasteiger partial charge in [0, 0.05) is 13.6 Å². The molecule has 0 aliphatic rings. The maximum atomic E-state index is 11.6. The molecule has 0 aromatic carbocycles. The van der Waals surface area contributed by atoms with Crippen molar-refractivity contribution in [2.75, 3.05) is 19.3 Å². The molecule has 0 aliphatic heterocycles. The van der Waals surface area contributed by atoms with Crippen molar-refractivity contribution >= 4 is 16.0 Å². The molecule has 0 unspecified atom stereocenters. The van der Waals surface area contributed by atoms with E-state index in [0.717, 1.165) is 12.8 Å². The molecule has 7 heteroatoms. The van der Waals surface area contributed by atoms with E-state index in [1.165, 1.54) is 50.1 Å². The van der Waals surface area contributed by atoms with Gasteiger partial charge in [-0.05, 0) is 18.9 Å². The molecule has 0 bridgehead atoms. The van der Waals surface area contributed by atoms with Gasteiger partial charge in [-0.3, -0.25) is 4.79 Å². The number of rotatable bonds is 11. The summed E-state index contributed by atoms with van der Waals surface area (Å²) in [5.74, 6) is -0.805. The summed E-state index contributed by atoms with van der Waals surface area (Å²) in [4.78, 5) is 12.8. The first kappa shape index (κ1) is 23.4. The number of hydrogen-bond acceptors (Lipinski definition) is 4. The van der Waals surface area contributed by atoms with Gasteiger partial charge < -0.3 is 9.45 Å². The van der Waals surface area contributed by atoms with E-state index in [1.807, 2.05) is 6.08 Å². The van der Waals surface area contributed by atoms with Crippen LogP contribution in [-0.2, 0) is 14.9 Å². The summed E-state index contributed by atoms with van der Waals surface area (Å²) in [5.41, 5.74) is 0. The molecule has 0 saturated heterocycles. The van der Waals surface area contributed by atoms with Gasteiger partial charge >= 0.3 is 29.6 Å². The van der Waals surface area contributed by atoms with E-state index >= 15 is 0 Å². The van der Waals surface area contributed by atoms with Crippen LogP contribution >= 0.6 is 0 Å². The van der Waals surface area contributed by atoms with Crippen LogP contribution in [0.25, 0.3) is 0 Å². The smallest absolute Gasteiger partial charge is 0.748 e. The second-order valence-corrected chi connectivity index (χ2v) is 6.50. The molecule has 0 aliphatic carbocycles. The number of carbonyl (C=O) groups is 1. The molecular formula is C14H26NNaO4S. The molecule has 0 radical (unpaired) electrons. The van der Waals surface area contributed by atoms with Crippen LogP contribution in [-0.4, -0.2) is 43.1 Å². The molecule has 5 nitrogen and oxygen atoms in total. The van der Waals surface area contributed by atoms with Crippen LogP contribution in [0.4, 0.5) is 0 Å². The molecule has 21 heavy (non-hydrogen) atoms. The van der Waals surface area contributed by atoms with Crippen molar-refractivity contribution in [3.8, 4) is 0 Å². The maximum Gasteiger partial charge on any atom is 1.00 e. The Labute approximate surface area is 151 Å². The third kappa shape index (κ3) is 16.3. The van der Waals surface area contributed by atoms with E-state index in [2.05, 4.69) is 6.92 Å². The Morgan fingerprint density at radius 2 is 1.71 bits per heavy atom. The standard InChI is InChI=1S/C14H27NO4S.Na/c1-3-4-5-6-7-8-9-10-11-14(16)15(2)12-13-20(17,18)19;/h10-11H,3-9,12-13H2,1-2H3,(H,17,18,19);/q;+1/p-1/b11-10+;. The van der Waals surface area contributed by atoms with Gasteiger partial charge in [-0.2, -0.15) is 0 Å². The van der Waals surface area contributed by atoms with Crippen molar-refractivity contribution in [3.63, 3.8) is 0 Å². The van der Waals surface area contributed by atoms with Gasteiger partial charge in [0.2, 0.25) is 5.91 Å². The van der Waals surface area contributed by atoms with Crippen LogP contribution in [0.15, 0.2) is 12.2 Å². The van der Waals surface area contributed by atoms with Gasteiger partial charge in [-0.15, -0.1) is 0 Å². The second-order valence-electron chi connectivity index (χ2n) is 4.98. The minimum atomic E-state index is -4.26. The maximum absolute atomic E-state index is 11.6. The van der Waals surface area contributed by atoms with Crippen molar-refractivity contribution in [1.82, 2.24) is 4.90 Å². The second kappa shape index (κ2) is 13.8. The number of allylic oxidation sites excluding steroid dienone is 1. The normalized spacial score (nSPS) is 11.4. The molecule has 118 valence electrons. The van der Waals surface area contributed by atoms with E-state index in [-0.39, 0.29) is 42.0 Å². The fourth-order valence-corrected chi connectivity index (χ4v) is 2.21. The van der Waals surface area contributed by atoms with Crippen LogP contribution in [0.3, 0.4) is 0 Å². The zero-order valence-electron chi connectivity index (χ0n) is 13.5. The van der Waals surface area contributed by atoms with Gasteiger partial charge in [0.05, 0.1) is 15.9 Å². The Kier molecular flexibility index (Phi) is 15.3. The zero-order valence-corrected chi connectivity index (χ0v) is 16.3. The monoisotopic (exact) mass is 327 g/mol. The number of nitrogens with zero attached hydrogens (tertiary/aromatic N) is 1. The summed E-state index contributed by atoms with van der Waals surface area (Å²) in [6.07, 6.45) is 11.4. The third-order valence-electron chi connectivity index (χ3n) is 3.04. The van der Waals surface area contributed by atoms with Crippen LogP contribution in [0.1, 0.15) is 51.9 Å². The predicted molar refractivity (Wildman–Crippen MR) is 79.3 cm³/mol. The minimum absolute atomic E-state index is 0. The molecule has 0 N–H and O–H groups in total. The Morgan fingerprint density at radius 3 is 2.29 bits per heavy atom. The summed E-state index contributed by atoms with van der Waals surface area (Å²) in [5, 5.41) is 0. The molecule has 1 amide bonds. The summed E-state index contributed by atoms with van der Waals surface area (Å²) in [6, 6.07) is 0. The molecule has 0 heterocycles. The van der Waals surface area contributed by atoms with Gasteiger partial charge in [0.1, 0.15) is 0 Å². The van der Waals surface area contributed by atoms with E-state index in [9.17, 15) is 17.8 Å². The van der Waals surface area contributed by atoms with Gasteiger partial charge in [-0.1, -0.05) is 45.1 Å². The molecule has 0 fully saturated rings. The molecular weight excluding hydrogens is 301 g/mol. The zero-order chi connectivity index (χ0) is 15.4. The number of unbranched alkanes of at least 4 members (excludes halogenated alkanes) is 6. The number of likely N-dealkylation sites (N-methyl/N-ethyl adjacent to an activating group) is 1. The van der Waals surface area contributed by atoms with Gasteiger partial charge in [0.25, 0.3) is 0 Å². The predicted octanol–water partition coefficient (Wildman–Crippen LogP) is -0.699. The fraction of sp³-hybridized carbons (Fsp3) is 0.786. The minimum Gasteiger partial charge on any atom is -0.748 e. The van der Waals surface area contributed by atoms with E-state index in [1.54, 1.807) is 0 Å². The first-order valence-corrected chi connectivity index (χ1v) is 8.79. The van der Waals surface area contributed by atoms with Crippen molar-refractivity contribution in [3.05, 3.63) is 12.2 Å². The van der Waals surface area contributed by atoms with Crippen molar-refractivity contribution in [2.24, 2.45) is 0 Å². The van der Waals surface area contributed by atoms with E-state index in [4.69, 9.17) is 0 Å². The van der Waals surface area contributed by atoms with Gasteiger partial charge in [-0.25, -0.2) is 8.42 Å². The first-order valence-electron chi connectivity index (χ1n) is 7.22. The largest absolute Gasteiger partial charge is 1.00 e. The van der Waals surface area contributed by atoms with Crippen LogP contribution in [0, 0.1) is 0 Å². The topological polar surface area (TPSA) is 77.5 Å². The Morgan fingerprint density at radius 1 is 1.14 bits per heavy atom.